The zero-order valence-electron chi connectivity index (χ0n) is 10.2. The average Bonchev–Trinajstić information content (AvgIpc) is 2.28. The summed E-state index contributed by atoms with van der Waals surface area (Å²) in [4.78, 5) is 22.0. The Morgan fingerprint density at radius 3 is 2.35 bits per heavy atom. The zero-order chi connectivity index (χ0) is 13.3. The molecule has 2 N–H and O–H groups in total. The first kappa shape index (κ1) is 15.9. The van der Waals surface area contributed by atoms with Crippen LogP contribution in [-0.4, -0.2) is 41.2 Å². The van der Waals surface area contributed by atoms with Crippen LogP contribution in [0.5, 0.6) is 0 Å². The molecule has 6 heteroatoms. The van der Waals surface area contributed by atoms with E-state index in [-0.39, 0.29) is 0 Å². The monoisotopic (exact) mass is 248 g/mol. The number of aliphatic hydroxyl groups is 2. The number of hydrogen-bond donors (Lipinski definition) is 2. The van der Waals surface area contributed by atoms with Crippen molar-refractivity contribution < 1.29 is 29.3 Å². The minimum atomic E-state index is -1.27. The first-order valence-electron chi connectivity index (χ1n) is 5.70. The standard InChI is InChI=1S/C11H20O6/c1-3-4-5-6-10(16-9(14)7-12)17-11(15)8(2)13/h8,10,12-13H,3-7H2,1-2H3. The highest BCUT2D eigenvalue weighted by Gasteiger charge is 2.20. The number of ether oxygens (including phenoxy) is 2. The van der Waals surface area contributed by atoms with E-state index in [1.54, 1.807) is 0 Å². The van der Waals surface area contributed by atoms with E-state index in [1.807, 2.05) is 6.92 Å². The van der Waals surface area contributed by atoms with Gasteiger partial charge in [-0.05, 0) is 13.3 Å². The number of unbranched alkanes of at least 4 members (excludes halogenated alkanes) is 2. The first-order chi connectivity index (χ1) is 8.01. The number of carbonyl (C=O) groups excluding carboxylic acids is 2. The van der Waals surface area contributed by atoms with Crippen molar-refractivity contribution in [3.63, 3.8) is 0 Å². The highest BCUT2D eigenvalue weighted by molar-refractivity contribution is 5.74. The summed E-state index contributed by atoms with van der Waals surface area (Å²) in [6.07, 6.45) is 0.676. The van der Waals surface area contributed by atoms with Gasteiger partial charge < -0.3 is 19.7 Å². The fourth-order valence-electron chi connectivity index (χ4n) is 1.11. The van der Waals surface area contributed by atoms with Crippen LogP contribution in [0.3, 0.4) is 0 Å². The van der Waals surface area contributed by atoms with Gasteiger partial charge in [0, 0.05) is 6.42 Å². The van der Waals surface area contributed by atoms with Crippen LogP contribution in [0.4, 0.5) is 0 Å². The molecule has 0 amide bonds. The Labute approximate surface area is 101 Å². The molecule has 0 saturated heterocycles. The number of aliphatic hydroxyl groups excluding tert-OH is 2. The second-order valence-electron chi connectivity index (χ2n) is 3.69. The van der Waals surface area contributed by atoms with E-state index in [2.05, 4.69) is 0 Å². The predicted molar refractivity (Wildman–Crippen MR) is 58.9 cm³/mol. The topological polar surface area (TPSA) is 93.1 Å². The molecular weight excluding hydrogens is 228 g/mol. The number of carbonyl (C=O) groups is 2. The van der Waals surface area contributed by atoms with E-state index < -0.39 is 30.9 Å². The second kappa shape index (κ2) is 8.95. The van der Waals surface area contributed by atoms with Crippen LogP contribution < -0.4 is 0 Å². The van der Waals surface area contributed by atoms with Crippen molar-refractivity contribution in [2.45, 2.75) is 51.9 Å². The molecule has 0 aromatic carbocycles. The molecule has 0 bridgehead atoms. The van der Waals surface area contributed by atoms with E-state index in [0.717, 1.165) is 19.3 Å². The van der Waals surface area contributed by atoms with Crippen molar-refractivity contribution in [1.29, 1.82) is 0 Å². The van der Waals surface area contributed by atoms with Gasteiger partial charge in [-0.3, -0.25) is 0 Å². The fraction of sp³-hybridized carbons (Fsp3) is 0.818. The third-order valence-electron chi connectivity index (χ3n) is 2.02. The molecule has 0 aliphatic rings. The molecule has 0 aliphatic carbocycles. The lowest BCUT2D eigenvalue weighted by Gasteiger charge is -2.18. The second-order valence-corrected chi connectivity index (χ2v) is 3.69. The normalized spacial score (nSPS) is 13.9. The average molecular weight is 248 g/mol. The van der Waals surface area contributed by atoms with E-state index in [9.17, 15) is 9.59 Å². The van der Waals surface area contributed by atoms with Crippen LogP contribution >= 0.6 is 0 Å². The number of rotatable bonds is 8. The summed E-state index contributed by atoms with van der Waals surface area (Å²) in [5.74, 6) is -1.71. The van der Waals surface area contributed by atoms with Crippen molar-refractivity contribution in [1.82, 2.24) is 0 Å². The van der Waals surface area contributed by atoms with Gasteiger partial charge in [0.05, 0.1) is 0 Å². The minimum absolute atomic E-state index is 0.359. The molecule has 2 unspecified atom stereocenters. The van der Waals surface area contributed by atoms with Crippen molar-refractivity contribution in [3.05, 3.63) is 0 Å². The van der Waals surface area contributed by atoms with E-state index in [1.165, 1.54) is 6.92 Å². The molecule has 0 heterocycles. The van der Waals surface area contributed by atoms with Gasteiger partial charge in [-0.2, -0.15) is 0 Å². The van der Waals surface area contributed by atoms with Crippen molar-refractivity contribution >= 4 is 11.9 Å². The van der Waals surface area contributed by atoms with E-state index in [4.69, 9.17) is 19.7 Å². The molecule has 0 spiro atoms. The summed E-state index contributed by atoms with van der Waals surface area (Å²) in [5.41, 5.74) is 0. The van der Waals surface area contributed by atoms with Gasteiger partial charge in [0.25, 0.3) is 0 Å². The highest BCUT2D eigenvalue weighted by atomic mass is 16.7. The Morgan fingerprint density at radius 2 is 1.88 bits per heavy atom. The predicted octanol–water partition coefficient (Wildman–Crippen LogP) is 0.352. The maximum Gasteiger partial charge on any atom is 0.337 e. The van der Waals surface area contributed by atoms with E-state index in [0.29, 0.717) is 6.42 Å². The number of esters is 2. The summed E-state index contributed by atoms with van der Waals surface area (Å²) in [5, 5.41) is 17.5. The molecular formula is C11H20O6. The Morgan fingerprint density at radius 1 is 1.24 bits per heavy atom. The van der Waals surface area contributed by atoms with Crippen LogP contribution in [0, 0.1) is 0 Å². The van der Waals surface area contributed by atoms with Gasteiger partial charge >= 0.3 is 11.9 Å². The third kappa shape index (κ3) is 7.70. The summed E-state index contributed by atoms with van der Waals surface area (Å²) in [6, 6.07) is 0. The highest BCUT2D eigenvalue weighted by Crippen LogP contribution is 2.09. The largest absolute Gasteiger partial charge is 0.423 e. The first-order valence-corrected chi connectivity index (χ1v) is 5.70. The van der Waals surface area contributed by atoms with E-state index >= 15 is 0 Å². The zero-order valence-corrected chi connectivity index (χ0v) is 10.2. The Hall–Kier alpha value is -1.14. The van der Waals surface area contributed by atoms with Crippen LogP contribution in [-0.2, 0) is 19.1 Å². The molecule has 0 rings (SSSR count). The lowest BCUT2D eigenvalue weighted by molar-refractivity contribution is -0.196. The smallest absolute Gasteiger partial charge is 0.337 e. The van der Waals surface area contributed by atoms with Crippen LogP contribution in [0.1, 0.15) is 39.5 Å². The van der Waals surface area contributed by atoms with Crippen molar-refractivity contribution in [3.8, 4) is 0 Å². The van der Waals surface area contributed by atoms with Crippen molar-refractivity contribution in [2.24, 2.45) is 0 Å². The van der Waals surface area contributed by atoms with Gasteiger partial charge in [-0.25, -0.2) is 9.59 Å². The maximum absolute atomic E-state index is 11.1. The molecule has 6 nitrogen and oxygen atoms in total. The molecule has 17 heavy (non-hydrogen) atoms. The summed E-state index contributed by atoms with van der Waals surface area (Å²) < 4.78 is 9.51. The molecule has 0 aliphatic heterocycles. The van der Waals surface area contributed by atoms with Gasteiger partial charge in [-0.15, -0.1) is 0 Å². The minimum Gasteiger partial charge on any atom is -0.423 e. The Kier molecular flexibility index (Phi) is 8.35. The molecule has 0 saturated carbocycles. The molecule has 0 aromatic heterocycles. The van der Waals surface area contributed by atoms with Crippen LogP contribution in [0.25, 0.3) is 0 Å². The number of hydrogen-bond acceptors (Lipinski definition) is 6. The summed E-state index contributed by atoms with van der Waals surface area (Å²) in [7, 11) is 0. The maximum atomic E-state index is 11.1. The molecule has 0 fully saturated rings. The summed E-state index contributed by atoms with van der Waals surface area (Å²) in [6.45, 7) is 2.51. The molecule has 0 radical (unpaired) electrons. The van der Waals surface area contributed by atoms with Gasteiger partial charge in [-0.1, -0.05) is 19.8 Å². The van der Waals surface area contributed by atoms with Gasteiger partial charge in [0.1, 0.15) is 12.7 Å². The van der Waals surface area contributed by atoms with Gasteiger partial charge in [0.2, 0.25) is 6.29 Å². The third-order valence-corrected chi connectivity index (χ3v) is 2.02. The van der Waals surface area contributed by atoms with Crippen LogP contribution in [0.2, 0.25) is 0 Å². The quantitative estimate of drug-likeness (QED) is 0.366. The van der Waals surface area contributed by atoms with Gasteiger partial charge in [0.15, 0.2) is 0 Å². The molecule has 100 valence electrons. The van der Waals surface area contributed by atoms with Crippen LogP contribution in [0.15, 0.2) is 0 Å². The summed E-state index contributed by atoms with van der Waals surface area (Å²) >= 11 is 0. The lowest BCUT2D eigenvalue weighted by Crippen LogP contribution is -2.30. The van der Waals surface area contributed by atoms with Crippen molar-refractivity contribution in [2.75, 3.05) is 6.61 Å². The molecule has 0 aromatic rings. The lowest BCUT2D eigenvalue weighted by atomic mass is 10.2. The Balaban J connectivity index is 4.19. The fourth-order valence-corrected chi connectivity index (χ4v) is 1.11. The SMILES string of the molecule is CCCCCC(OC(=O)CO)OC(=O)C(C)O. The Bertz CT molecular complexity index is 238. The molecule has 2 atom stereocenters.